The van der Waals surface area contributed by atoms with E-state index in [1.165, 1.54) is 23.1 Å². The highest BCUT2D eigenvalue weighted by atomic mass is 32.2. The van der Waals surface area contributed by atoms with E-state index in [0.29, 0.717) is 28.2 Å². The predicted octanol–water partition coefficient (Wildman–Crippen LogP) is 3.61. The Balaban J connectivity index is 1.71. The summed E-state index contributed by atoms with van der Waals surface area (Å²) < 4.78 is 1.94. The maximum Gasteiger partial charge on any atom is 0.251 e. The Labute approximate surface area is 183 Å². The molecule has 30 heavy (non-hydrogen) atoms. The third kappa shape index (κ3) is 5.45. The number of amides is 2. The van der Waals surface area contributed by atoms with Crippen LogP contribution in [-0.4, -0.2) is 37.3 Å². The number of thioether (sulfide) groups is 1. The Morgan fingerprint density at radius 2 is 1.97 bits per heavy atom. The molecule has 2 N–H and O–H groups in total. The number of benzene rings is 1. The topological polar surface area (TPSA) is 102 Å². The predicted molar refractivity (Wildman–Crippen MR) is 119 cm³/mol. The van der Waals surface area contributed by atoms with Crippen LogP contribution >= 0.6 is 23.1 Å². The van der Waals surface area contributed by atoms with Gasteiger partial charge in [-0.25, -0.2) is 4.98 Å². The molecule has 2 amide bonds. The number of aromatic nitrogens is 4. The molecule has 0 saturated carbocycles. The fourth-order valence-corrected chi connectivity index (χ4v) is 4.20. The van der Waals surface area contributed by atoms with Gasteiger partial charge in [-0.05, 0) is 25.0 Å². The van der Waals surface area contributed by atoms with E-state index in [1.54, 1.807) is 23.7 Å². The lowest BCUT2D eigenvalue weighted by Gasteiger charge is -2.22. The van der Waals surface area contributed by atoms with Crippen molar-refractivity contribution in [1.82, 2.24) is 25.1 Å². The van der Waals surface area contributed by atoms with Gasteiger partial charge in [0.1, 0.15) is 0 Å². The molecule has 0 aliphatic carbocycles. The van der Waals surface area contributed by atoms with Gasteiger partial charge in [-0.3, -0.25) is 9.59 Å². The van der Waals surface area contributed by atoms with Crippen molar-refractivity contribution >= 4 is 40.0 Å². The summed E-state index contributed by atoms with van der Waals surface area (Å²) in [5, 5.41) is 17.5. The summed E-state index contributed by atoms with van der Waals surface area (Å²) in [6.45, 7) is 6.67. The van der Waals surface area contributed by atoms with E-state index in [1.807, 2.05) is 43.5 Å². The largest absolute Gasteiger partial charge is 0.342 e. The zero-order chi connectivity index (χ0) is 21.5. The second-order valence-corrected chi connectivity index (χ2v) is 8.66. The highest BCUT2D eigenvalue weighted by Crippen LogP contribution is 2.25. The number of anilines is 1. The van der Waals surface area contributed by atoms with Crippen LogP contribution in [0.4, 0.5) is 5.13 Å². The maximum atomic E-state index is 12.7. The summed E-state index contributed by atoms with van der Waals surface area (Å²) in [5.74, 6) is 0.676. The molecule has 2 heterocycles. The molecule has 8 nitrogen and oxygen atoms in total. The Hall–Kier alpha value is -2.72. The highest BCUT2D eigenvalue weighted by Gasteiger charge is 2.26. The number of carbonyl (C=O) groups excluding carboxylic acids is 2. The molecule has 1 aromatic carbocycles. The maximum absolute atomic E-state index is 12.7. The lowest BCUT2D eigenvalue weighted by Crippen LogP contribution is -2.33. The van der Waals surface area contributed by atoms with Crippen molar-refractivity contribution in [3.8, 4) is 0 Å². The molecule has 158 valence electrons. The fraction of sp³-hybridized carbons (Fsp3) is 0.350. The van der Waals surface area contributed by atoms with Gasteiger partial charge in [0.2, 0.25) is 5.91 Å². The van der Waals surface area contributed by atoms with Gasteiger partial charge in [-0.1, -0.05) is 43.8 Å². The fourth-order valence-electron chi connectivity index (χ4n) is 2.85. The quantitative estimate of drug-likeness (QED) is 0.489. The minimum absolute atomic E-state index is 0.109. The lowest BCUT2D eigenvalue weighted by atomic mass is 10.0. The molecular formula is C20H24N6O2S2. The SMILES string of the molecule is CCn1c(SCC(=O)Nc2nccs2)nnc1C(NC(=O)c1ccccc1)C(C)C. The van der Waals surface area contributed by atoms with Crippen molar-refractivity contribution in [2.24, 2.45) is 5.92 Å². The number of nitrogens with zero attached hydrogens (tertiary/aromatic N) is 4. The van der Waals surface area contributed by atoms with E-state index >= 15 is 0 Å². The van der Waals surface area contributed by atoms with E-state index in [-0.39, 0.29) is 29.5 Å². The van der Waals surface area contributed by atoms with Crippen molar-refractivity contribution in [1.29, 1.82) is 0 Å². The molecular weight excluding hydrogens is 420 g/mol. The number of hydrogen-bond donors (Lipinski definition) is 2. The number of hydrogen-bond acceptors (Lipinski definition) is 7. The van der Waals surface area contributed by atoms with E-state index in [9.17, 15) is 9.59 Å². The summed E-state index contributed by atoms with van der Waals surface area (Å²) in [5.41, 5.74) is 0.596. The standard InChI is InChI=1S/C20H24N6O2S2/c1-4-26-17(16(13(2)3)23-18(28)14-8-6-5-7-9-14)24-25-20(26)30-12-15(27)22-19-21-10-11-29-19/h5-11,13,16H,4,12H2,1-3H3,(H,23,28)(H,21,22,27). The van der Waals surface area contributed by atoms with Crippen LogP contribution in [0.25, 0.3) is 0 Å². The average Bonchev–Trinajstić information content (AvgIpc) is 3.40. The van der Waals surface area contributed by atoms with Crippen molar-refractivity contribution in [3.63, 3.8) is 0 Å². The van der Waals surface area contributed by atoms with Gasteiger partial charge >= 0.3 is 0 Å². The summed E-state index contributed by atoms with van der Waals surface area (Å²) in [6.07, 6.45) is 1.64. The van der Waals surface area contributed by atoms with E-state index in [4.69, 9.17) is 0 Å². The van der Waals surface area contributed by atoms with E-state index in [0.717, 1.165) is 0 Å². The second kappa shape index (κ2) is 10.4. The van der Waals surface area contributed by atoms with Crippen LogP contribution in [-0.2, 0) is 11.3 Å². The van der Waals surface area contributed by atoms with Gasteiger partial charge in [-0.15, -0.1) is 21.5 Å². The molecule has 3 rings (SSSR count). The van der Waals surface area contributed by atoms with Crippen LogP contribution in [0.2, 0.25) is 0 Å². The second-order valence-electron chi connectivity index (χ2n) is 6.82. The Kier molecular flexibility index (Phi) is 7.58. The molecule has 0 spiro atoms. The van der Waals surface area contributed by atoms with E-state index < -0.39 is 0 Å². The molecule has 0 saturated heterocycles. The van der Waals surface area contributed by atoms with Gasteiger partial charge in [-0.2, -0.15) is 0 Å². The number of rotatable bonds is 9. The van der Waals surface area contributed by atoms with Crippen LogP contribution in [0.15, 0.2) is 47.1 Å². The Morgan fingerprint density at radius 3 is 2.60 bits per heavy atom. The molecule has 0 radical (unpaired) electrons. The Morgan fingerprint density at radius 1 is 1.20 bits per heavy atom. The summed E-state index contributed by atoms with van der Waals surface area (Å²) in [4.78, 5) is 28.9. The van der Waals surface area contributed by atoms with Crippen molar-refractivity contribution in [2.75, 3.05) is 11.1 Å². The molecule has 0 fully saturated rings. The first-order valence-electron chi connectivity index (χ1n) is 9.60. The van der Waals surface area contributed by atoms with Gasteiger partial charge in [0.25, 0.3) is 5.91 Å². The minimum Gasteiger partial charge on any atom is -0.342 e. The highest BCUT2D eigenvalue weighted by molar-refractivity contribution is 7.99. The summed E-state index contributed by atoms with van der Waals surface area (Å²) in [6, 6.07) is 8.79. The average molecular weight is 445 g/mol. The Bertz CT molecular complexity index is 973. The first kappa shape index (κ1) is 22.0. The molecule has 2 aromatic heterocycles. The molecule has 0 aliphatic heterocycles. The molecule has 0 aliphatic rings. The van der Waals surface area contributed by atoms with Crippen molar-refractivity contribution in [3.05, 3.63) is 53.3 Å². The molecule has 1 unspecified atom stereocenters. The lowest BCUT2D eigenvalue weighted by molar-refractivity contribution is -0.113. The monoisotopic (exact) mass is 444 g/mol. The number of carbonyl (C=O) groups is 2. The normalized spacial score (nSPS) is 12.0. The smallest absolute Gasteiger partial charge is 0.251 e. The molecule has 3 aromatic rings. The first-order chi connectivity index (χ1) is 14.5. The van der Waals surface area contributed by atoms with E-state index in [2.05, 4.69) is 25.8 Å². The van der Waals surface area contributed by atoms with Gasteiger partial charge in [0.15, 0.2) is 16.1 Å². The summed E-state index contributed by atoms with van der Waals surface area (Å²) >= 11 is 2.68. The third-order valence-corrected chi connectivity index (χ3v) is 6.00. The van der Waals surface area contributed by atoms with Crippen LogP contribution < -0.4 is 10.6 Å². The third-order valence-electron chi connectivity index (χ3n) is 4.34. The number of nitrogens with one attached hydrogen (secondary N) is 2. The molecule has 0 bridgehead atoms. The van der Waals surface area contributed by atoms with Crippen LogP contribution in [0, 0.1) is 5.92 Å². The van der Waals surface area contributed by atoms with Gasteiger partial charge in [0.05, 0.1) is 11.8 Å². The van der Waals surface area contributed by atoms with Crippen LogP contribution in [0.3, 0.4) is 0 Å². The van der Waals surface area contributed by atoms with Gasteiger partial charge in [0, 0.05) is 23.7 Å². The van der Waals surface area contributed by atoms with Crippen molar-refractivity contribution < 1.29 is 9.59 Å². The first-order valence-corrected chi connectivity index (χ1v) is 11.5. The summed E-state index contributed by atoms with van der Waals surface area (Å²) in [7, 11) is 0. The van der Waals surface area contributed by atoms with Gasteiger partial charge < -0.3 is 15.2 Å². The van der Waals surface area contributed by atoms with Crippen LogP contribution in [0.1, 0.15) is 43.0 Å². The van der Waals surface area contributed by atoms with Crippen LogP contribution in [0.5, 0.6) is 0 Å². The molecule has 1 atom stereocenters. The number of thiazole rings is 1. The minimum atomic E-state index is -0.302. The van der Waals surface area contributed by atoms with Crippen molar-refractivity contribution in [2.45, 2.75) is 38.5 Å². The zero-order valence-corrected chi connectivity index (χ0v) is 18.7. The zero-order valence-electron chi connectivity index (χ0n) is 17.0. The molecule has 10 heteroatoms.